The van der Waals surface area contributed by atoms with Crippen molar-refractivity contribution in [1.29, 1.82) is 0 Å². The van der Waals surface area contributed by atoms with E-state index in [2.05, 4.69) is 0 Å². The Balaban J connectivity index is 0.00000324. The van der Waals surface area contributed by atoms with Crippen LogP contribution in [0.1, 0.15) is 27.2 Å². The number of hydrogen-bond donors (Lipinski definition) is 1. The number of hydrogen-bond acceptors (Lipinski definition) is 5. The second-order valence-corrected chi connectivity index (χ2v) is 5.69. The maximum absolute atomic E-state index is 11.9. The van der Waals surface area contributed by atoms with Crippen LogP contribution >= 0.6 is 0 Å². The first-order chi connectivity index (χ1) is 8.23. The van der Waals surface area contributed by atoms with Gasteiger partial charge in [-0.15, -0.1) is 0 Å². The van der Waals surface area contributed by atoms with E-state index >= 15 is 0 Å². The van der Waals surface area contributed by atoms with Gasteiger partial charge in [-0.05, 0) is 27.2 Å². The minimum Gasteiger partial charge on any atom is -0.550 e. The van der Waals surface area contributed by atoms with Crippen LogP contribution in [0.5, 0.6) is 0 Å². The van der Waals surface area contributed by atoms with Gasteiger partial charge in [0.25, 0.3) is 0 Å². The normalized spacial score (nSPS) is 23.5. The molecule has 7 heteroatoms. The number of amides is 1. The first kappa shape index (κ1) is 18.7. The summed E-state index contributed by atoms with van der Waals surface area (Å²) in [6, 6.07) is 0. The van der Waals surface area contributed by atoms with Crippen molar-refractivity contribution in [2.45, 2.75) is 32.8 Å². The molecule has 1 aliphatic rings. The molecular formula is C12H20NNaO5. The van der Waals surface area contributed by atoms with Gasteiger partial charge in [0, 0.05) is 37.5 Å². The average Bonchev–Trinajstić information content (AvgIpc) is 2.26. The fourth-order valence-corrected chi connectivity index (χ4v) is 1.98. The van der Waals surface area contributed by atoms with E-state index in [0.29, 0.717) is 13.0 Å². The maximum Gasteiger partial charge on any atom is 1.00 e. The number of carbonyl (C=O) groups is 2. The molecule has 0 bridgehead atoms. The molecule has 0 aromatic heterocycles. The summed E-state index contributed by atoms with van der Waals surface area (Å²) in [5, 5.41) is 20.0. The minimum absolute atomic E-state index is 0. The molecule has 0 saturated carbocycles. The average molecular weight is 281 g/mol. The summed E-state index contributed by atoms with van der Waals surface area (Å²) < 4.78 is 5.19. The molecule has 1 rings (SSSR count). The Labute approximate surface area is 135 Å². The summed E-state index contributed by atoms with van der Waals surface area (Å²) in [5.74, 6) is -2.18. The van der Waals surface area contributed by atoms with Crippen molar-refractivity contribution >= 4 is 12.1 Å². The van der Waals surface area contributed by atoms with E-state index in [9.17, 15) is 14.7 Å². The zero-order chi connectivity index (χ0) is 13.9. The van der Waals surface area contributed by atoms with Crippen molar-refractivity contribution in [3.05, 3.63) is 0 Å². The van der Waals surface area contributed by atoms with Crippen LogP contribution < -0.4 is 34.7 Å². The number of aliphatic hydroxyl groups is 1. The standard InChI is InChI=1S/C12H21NO5.Na/c1-12(2,3)18-11(17)13-5-8(7-14)4-9(6-13)10(15)16;/h8-9,14H,4-7H2,1-3H3,(H,15,16);/q;+1/p-1/t8-,9-;/m1./s1. The van der Waals surface area contributed by atoms with Crippen molar-refractivity contribution in [1.82, 2.24) is 4.90 Å². The van der Waals surface area contributed by atoms with Crippen molar-refractivity contribution in [2.24, 2.45) is 11.8 Å². The van der Waals surface area contributed by atoms with Crippen molar-refractivity contribution in [3.63, 3.8) is 0 Å². The molecule has 0 spiro atoms. The summed E-state index contributed by atoms with van der Waals surface area (Å²) in [5.41, 5.74) is -0.625. The fourth-order valence-electron chi connectivity index (χ4n) is 1.98. The van der Waals surface area contributed by atoms with Gasteiger partial charge in [0.1, 0.15) is 5.60 Å². The number of carboxylic acid groups (broad SMARTS) is 1. The van der Waals surface area contributed by atoms with Crippen LogP contribution in [0.25, 0.3) is 0 Å². The smallest absolute Gasteiger partial charge is 0.550 e. The second kappa shape index (κ2) is 7.47. The molecule has 0 aliphatic carbocycles. The molecule has 1 fully saturated rings. The summed E-state index contributed by atoms with van der Waals surface area (Å²) in [6.07, 6.45) is -0.218. The van der Waals surface area contributed by atoms with Gasteiger partial charge in [-0.1, -0.05) is 0 Å². The van der Waals surface area contributed by atoms with Crippen molar-refractivity contribution < 1.29 is 54.1 Å². The number of nitrogens with zero attached hydrogens (tertiary/aromatic N) is 1. The number of aliphatic carboxylic acids is 1. The molecule has 1 saturated heterocycles. The van der Waals surface area contributed by atoms with Gasteiger partial charge >= 0.3 is 35.7 Å². The predicted molar refractivity (Wildman–Crippen MR) is 61.5 cm³/mol. The molecule has 1 aliphatic heterocycles. The molecule has 19 heavy (non-hydrogen) atoms. The summed E-state index contributed by atoms with van der Waals surface area (Å²) in [4.78, 5) is 24.1. The Morgan fingerprint density at radius 2 is 1.95 bits per heavy atom. The fraction of sp³-hybridized carbons (Fsp3) is 0.833. The van der Waals surface area contributed by atoms with Crippen LogP contribution in [0.15, 0.2) is 0 Å². The number of rotatable bonds is 2. The summed E-state index contributed by atoms with van der Waals surface area (Å²) in [6.45, 7) is 5.48. The largest absolute Gasteiger partial charge is 1.00 e. The van der Waals surface area contributed by atoms with E-state index < -0.39 is 23.6 Å². The SMILES string of the molecule is CC(C)(C)OC(=O)N1C[C@H](CO)C[C@@H](C(=O)[O-])C1.[Na+]. The van der Waals surface area contributed by atoms with Crippen LogP contribution in [-0.4, -0.2) is 47.4 Å². The number of carbonyl (C=O) groups excluding carboxylic acids is 2. The zero-order valence-corrected chi connectivity index (χ0v) is 14.0. The Bertz CT molecular complexity index is 329. The third-order valence-corrected chi connectivity index (χ3v) is 2.78. The Hall–Kier alpha value is -0.300. The third kappa shape index (κ3) is 6.12. The van der Waals surface area contributed by atoms with Gasteiger partial charge in [-0.2, -0.15) is 0 Å². The molecule has 1 heterocycles. The second-order valence-electron chi connectivity index (χ2n) is 5.69. The Morgan fingerprint density at radius 3 is 2.37 bits per heavy atom. The molecule has 0 radical (unpaired) electrons. The number of likely N-dealkylation sites (tertiary alicyclic amines) is 1. The molecular weight excluding hydrogens is 261 g/mol. The van der Waals surface area contributed by atoms with E-state index in [0.717, 1.165) is 0 Å². The summed E-state index contributed by atoms with van der Waals surface area (Å²) in [7, 11) is 0. The van der Waals surface area contributed by atoms with Crippen LogP contribution in [0.3, 0.4) is 0 Å². The predicted octanol–water partition coefficient (Wildman–Crippen LogP) is -3.39. The minimum atomic E-state index is -1.19. The summed E-state index contributed by atoms with van der Waals surface area (Å²) >= 11 is 0. The maximum atomic E-state index is 11.9. The molecule has 0 aromatic rings. The van der Waals surface area contributed by atoms with E-state index in [1.165, 1.54) is 4.90 Å². The Morgan fingerprint density at radius 1 is 1.37 bits per heavy atom. The molecule has 0 unspecified atom stereocenters. The Kier molecular flexibility index (Phi) is 7.36. The van der Waals surface area contributed by atoms with Gasteiger partial charge < -0.3 is 24.6 Å². The monoisotopic (exact) mass is 281 g/mol. The molecule has 6 nitrogen and oxygen atoms in total. The van der Waals surface area contributed by atoms with Gasteiger partial charge in [-0.3, -0.25) is 0 Å². The molecule has 2 atom stereocenters. The van der Waals surface area contributed by atoms with Crippen LogP contribution in [0.4, 0.5) is 4.79 Å². The molecule has 104 valence electrons. The van der Waals surface area contributed by atoms with Crippen LogP contribution in [0, 0.1) is 11.8 Å². The van der Waals surface area contributed by atoms with Gasteiger partial charge in [-0.25, -0.2) is 4.79 Å². The van der Waals surface area contributed by atoms with E-state index in [1.807, 2.05) is 0 Å². The number of aliphatic hydroxyl groups excluding tert-OH is 1. The number of carboxylic acids is 1. The number of piperidine rings is 1. The van der Waals surface area contributed by atoms with Crippen molar-refractivity contribution in [3.8, 4) is 0 Å². The molecule has 1 N–H and O–H groups in total. The number of ether oxygens (including phenoxy) is 1. The quantitative estimate of drug-likeness (QED) is 0.533. The van der Waals surface area contributed by atoms with E-state index in [4.69, 9.17) is 9.84 Å². The van der Waals surface area contributed by atoms with E-state index in [1.54, 1.807) is 20.8 Å². The van der Waals surface area contributed by atoms with Gasteiger partial charge in [0.05, 0.1) is 0 Å². The van der Waals surface area contributed by atoms with Crippen molar-refractivity contribution in [2.75, 3.05) is 19.7 Å². The first-order valence-corrected chi connectivity index (χ1v) is 6.02. The third-order valence-electron chi connectivity index (χ3n) is 2.78. The van der Waals surface area contributed by atoms with E-state index in [-0.39, 0.29) is 48.6 Å². The van der Waals surface area contributed by atoms with Gasteiger partial charge in [0.2, 0.25) is 0 Å². The van der Waals surface area contributed by atoms with Gasteiger partial charge in [0.15, 0.2) is 0 Å². The van der Waals surface area contributed by atoms with Crippen LogP contribution in [0.2, 0.25) is 0 Å². The van der Waals surface area contributed by atoms with Crippen LogP contribution in [-0.2, 0) is 9.53 Å². The topological polar surface area (TPSA) is 89.9 Å². The molecule has 0 aromatic carbocycles. The first-order valence-electron chi connectivity index (χ1n) is 6.02. The zero-order valence-electron chi connectivity index (χ0n) is 12.0. The molecule has 1 amide bonds.